The first-order chi connectivity index (χ1) is 5.55. The summed E-state index contributed by atoms with van der Waals surface area (Å²) in [4.78, 5) is 2.23. The number of hydrogen-bond donors (Lipinski definition) is 2. The van der Waals surface area contributed by atoms with E-state index in [1.807, 2.05) is 0 Å². The Morgan fingerprint density at radius 3 is 2.67 bits per heavy atom. The first-order valence-corrected chi connectivity index (χ1v) is 4.48. The normalized spacial score (nSPS) is 21.2. The molecule has 1 aliphatic heterocycles. The van der Waals surface area contributed by atoms with Gasteiger partial charge in [0.15, 0.2) is 0 Å². The molecule has 0 spiro atoms. The summed E-state index contributed by atoms with van der Waals surface area (Å²) >= 11 is 0. The maximum atomic E-state index is 3.40. The van der Waals surface area contributed by atoms with Gasteiger partial charge in [0.1, 0.15) is 0 Å². The summed E-state index contributed by atoms with van der Waals surface area (Å²) in [7, 11) is 2.10. The second kappa shape index (κ2) is 3.35. The van der Waals surface area contributed by atoms with Crippen LogP contribution in [0.1, 0.15) is 20.8 Å². The first kappa shape index (κ1) is 9.39. The van der Waals surface area contributed by atoms with Crippen LogP contribution in [0.25, 0.3) is 0 Å². The summed E-state index contributed by atoms with van der Waals surface area (Å²) < 4.78 is 0. The van der Waals surface area contributed by atoms with Gasteiger partial charge in [-0.05, 0) is 20.8 Å². The highest BCUT2D eigenvalue weighted by molar-refractivity contribution is 5.08. The van der Waals surface area contributed by atoms with Crippen molar-refractivity contribution >= 4 is 0 Å². The van der Waals surface area contributed by atoms with Gasteiger partial charge in [-0.25, -0.2) is 0 Å². The second-order valence-corrected chi connectivity index (χ2v) is 3.77. The Morgan fingerprint density at radius 1 is 1.58 bits per heavy atom. The Morgan fingerprint density at radius 2 is 2.25 bits per heavy atom. The molecule has 0 aromatic carbocycles. The SMILES string of the molecule is CCN(C)C1=CNC(C)(C)NC1. The summed E-state index contributed by atoms with van der Waals surface area (Å²) in [6.45, 7) is 8.42. The summed E-state index contributed by atoms with van der Waals surface area (Å²) in [5, 5.41) is 6.71. The van der Waals surface area contributed by atoms with Crippen molar-refractivity contribution in [3.63, 3.8) is 0 Å². The standard InChI is InChI=1S/C9H19N3/c1-5-12(4)8-6-10-9(2,3)11-7-8/h6,10-11H,5,7H2,1-4H3. The van der Waals surface area contributed by atoms with Crippen LogP contribution in [0.3, 0.4) is 0 Å². The molecule has 70 valence electrons. The molecule has 0 aromatic rings. The zero-order valence-electron chi connectivity index (χ0n) is 8.44. The fourth-order valence-corrected chi connectivity index (χ4v) is 1.13. The van der Waals surface area contributed by atoms with Gasteiger partial charge < -0.3 is 10.2 Å². The number of likely N-dealkylation sites (N-methyl/N-ethyl adjacent to an activating group) is 1. The molecule has 0 saturated carbocycles. The van der Waals surface area contributed by atoms with Crippen LogP contribution in [0.2, 0.25) is 0 Å². The van der Waals surface area contributed by atoms with E-state index in [0.717, 1.165) is 13.1 Å². The van der Waals surface area contributed by atoms with E-state index in [9.17, 15) is 0 Å². The van der Waals surface area contributed by atoms with Crippen LogP contribution >= 0.6 is 0 Å². The van der Waals surface area contributed by atoms with E-state index in [0.29, 0.717) is 0 Å². The van der Waals surface area contributed by atoms with Gasteiger partial charge in [-0.3, -0.25) is 5.32 Å². The molecule has 0 radical (unpaired) electrons. The molecule has 1 heterocycles. The molecule has 0 amide bonds. The third-order valence-corrected chi connectivity index (χ3v) is 2.28. The molecule has 3 heteroatoms. The van der Waals surface area contributed by atoms with Crippen molar-refractivity contribution in [1.29, 1.82) is 0 Å². The van der Waals surface area contributed by atoms with Gasteiger partial charge in [0.05, 0.1) is 5.66 Å². The van der Waals surface area contributed by atoms with Crippen LogP contribution in [-0.2, 0) is 0 Å². The molecule has 0 bridgehead atoms. The number of hydrogen-bond acceptors (Lipinski definition) is 3. The van der Waals surface area contributed by atoms with E-state index in [-0.39, 0.29) is 5.66 Å². The van der Waals surface area contributed by atoms with Crippen molar-refractivity contribution in [2.45, 2.75) is 26.4 Å². The van der Waals surface area contributed by atoms with Crippen molar-refractivity contribution in [1.82, 2.24) is 15.5 Å². The second-order valence-electron chi connectivity index (χ2n) is 3.77. The predicted molar refractivity (Wildman–Crippen MR) is 51.6 cm³/mol. The third-order valence-electron chi connectivity index (χ3n) is 2.28. The lowest BCUT2D eigenvalue weighted by atomic mass is 10.2. The van der Waals surface area contributed by atoms with Gasteiger partial charge in [-0.15, -0.1) is 0 Å². The highest BCUT2D eigenvalue weighted by atomic mass is 15.2. The molecule has 0 atom stereocenters. The van der Waals surface area contributed by atoms with Crippen molar-refractivity contribution in [2.24, 2.45) is 0 Å². The molecule has 1 aliphatic rings. The van der Waals surface area contributed by atoms with Gasteiger partial charge >= 0.3 is 0 Å². The Kier molecular flexibility index (Phi) is 2.62. The van der Waals surface area contributed by atoms with E-state index >= 15 is 0 Å². The quantitative estimate of drug-likeness (QED) is 0.637. The van der Waals surface area contributed by atoms with Crippen LogP contribution in [0.5, 0.6) is 0 Å². The van der Waals surface area contributed by atoms with Crippen LogP contribution in [0, 0.1) is 0 Å². The van der Waals surface area contributed by atoms with E-state index in [1.54, 1.807) is 0 Å². The Balaban J connectivity index is 2.56. The molecular formula is C9H19N3. The minimum absolute atomic E-state index is 0.0398. The summed E-state index contributed by atoms with van der Waals surface area (Å²) in [6.07, 6.45) is 2.10. The summed E-state index contributed by atoms with van der Waals surface area (Å²) in [6, 6.07) is 0. The first-order valence-electron chi connectivity index (χ1n) is 4.48. The molecule has 0 saturated heterocycles. The maximum Gasteiger partial charge on any atom is 0.0822 e. The fourth-order valence-electron chi connectivity index (χ4n) is 1.13. The molecule has 12 heavy (non-hydrogen) atoms. The molecule has 0 aromatic heterocycles. The zero-order chi connectivity index (χ0) is 9.19. The van der Waals surface area contributed by atoms with E-state index in [2.05, 4.69) is 49.6 Å². The summed E-state index contributed by atoms with van der Waals surface area (Å²) in [5.41, 5.74) is 1.36. The monoisotopic (exact) mass is 169 g/mol. The van der Waals surface area contributed by atoms with Gasteiger partial charge in [-0.1, -0.05) is 0 Å². The van der Waals surface area contributed by atoms with E-state index in [4.69, 9.17) is 0 Å². The highest BCUT2D eigenvalue weighted by Gasteiger charge is 2.20. The molecule has 0 fully saturated rings. The molecule has 1 rings (SSSR count). The van der Waals surface area contributed by atoms with Crippen molar-refractivity contribution in [3.05, 3.63) is 11.9 Å². The number of nitrogens with zero attached hydrogens (tertiary/aromatic N) is 1. The highest BCUT2D eigenvalue weighted by Crippen LogP contribution is 2.08. The largest absolute Gasteiger partial charge is 0.376 e. The van der Waals surface area contributed by atoms with E-state index in [1.165, 1.54) is 5.70 Å². The maximum absolute atomic E-state index is 3.40. The van der Waals surface area contributed by atoms with Crippen molar-refractivity contribution < 1.29 is 0 Å². The van der Waals surface area contributed by atoms with E-state index < -0.39 is 0 Å². The predicted octanol–water partition coefficient (Wildman–Crippen LogP) is 0.708. The minimum Gasteiger partial charge on any atom is -0.376 e. The van der Waals surface area contributed by atoms with Crippen molar-refractivity contribution in [3.8, 4) is 0 Å². The topological polar surface area (TPSA) is 27.3 Å². The molecule has 2 N–H and O–H groups in total. The lowest BCUT2D eigenvalue weighted by molar-refractivity contribution is 0.304. The fraction of sp³-hybridized carbons (Fsp3) is 0.778. The lowest BCUT2D eigenvalue weighted by Gasteiger charge is -2.35. The molecule has 0 aliphatic carbocycles. The summed E-state index contributed by atoms with van der Waals surface area (Å²) in [5.74, 6) is 0. The Bertz CT molecular complexity index is 184. The smallest absolute Gasteiger partial charge is 0.0822 e. The van der Waals surface area contributed by atoms with Crippen LogP contribution in [0.15, 0.2) is 11.9 Å². The van der Waals surface area contributed by atoms with Gasteiger partial charge in [-0.2, -0.15) is 0 Å². The average molecular weight is 169 g/mol. The van der Waals surface area contributed by atoms with Crippen LogP contribution in [0.4, 0.5) is 0 Å². The lowest BCUT2D eigenvalue weighted by Crippen LogP contribution is -2.54. The van der Waals surface area contributed by atoms with Crippen LogP contribution in [-0.4, -0.2) is 30.7 Å². The van der Waals surface area contributed by atoms with Gasteiger partial charge in [0.2, 0.25) is 0 Å². The van der Waals surface area contributed by atoms with Crippen molar-refractivity contribution in [2.75, 3.05) is 20.1 Å². The Hall–Kier alpha value is -0.700. The Labute approximate surface area is 74.8 Å². The third kappa shape index (κ3) is 2.14. The molecule has 3 nitrogen and oxygen atoms in total. The molecule has 0 unspecified atom stereocenters. The zero-order valence-corrected chi connectivity index (χ0v) is 8.44. The van der Waals surface area contributed by atoms with Gasteiger partial charge in [0, 0.05) is 32.0 Å². The number of nitrogens with one attached hydrogen (secondary N) is 2. The minimum atomic E-state index is 0.0398. The number of rotatable bonds is 2. The van der Waals surface area contributed by atoms with Gasteiger partial charge in [0.25, 0.3) is 0 Å². The average Bonchev–Trinajstić information content (AvgIpc) is 2.03. The van der Waals surface area contributed by atoms with Crippen LogP contribution < -0.4 is 10.6 Å². The molecular weight excluding hydrogens is 150 g/mol.